The Balaban J connectivity index is 1.70. The molecule has 4 rings (SSSR count). The lowest BCUT2D eigenvalue weighted by molar-refractivity contribution is 0.0988. The van der Waals surface area contributed by atoms with Crippen molar-refractivity contribution in [1.82, 2.24) is 4.98 Å². The molecule has 7 heteroatoms. The molecule has 124 valence electrons. The van der Waals surface area contributed by atoms with E-state index in [0.717, 1.165) is 10.6 Å². The summed E-state index contributed by atoms with van der Waals surface area (Å²) in [7, 11) is 1.74. The van der Waals surface area contributed by atoms with E-state index in [1.54, 1.807) is 42.4 Å². The van der Waals surface area contributed by atoms with Crippen LogP contribution in [0.2, 0.25) is 0 Å². The summed E-state index contributed by atoms with van der Waals surface area (Å²) in [4.78, 5) is 32.3. The molecule has 1 aliphatic heterocycles. The second-order valence-corrected chi connectivity index (χ2v) is 7.41. The highest BCUT2D eigenvalue weighted by Gasteiger charge is 2.25. The molecule has 1 aromatic carbocycles. The largest absolute Gasteiger partial charge is 0.321 e. The summed E-state index contributed by atoms with van der Waals surface area (Å²) in [5.74, 6) is -0.235. The van der Waals surface area contributed by atoms with Crippen molar-refractivity contribution in [2.24, 2.45) is 0 Å². The molecule has 25 heavy (non-hydrogen) atoms. The third kappa shape index (κ3) is 2.92. The number of hydrogen-bond acceptors (Lipinski definition) is 5. The van der Waals surface area contributed by atoms with Gasteiger partial charge in [0.2, 0.25) is 0 Å². The Labute approximate surface area is 152 Å². The van der Waals surface area contributed by atoms with Gasteiger partial charge in [0.05, 0.1) is 16.1 Å². The number of carbonyl (C=O) groups is 2. The van der Waals surface area contributed by atoms with Gasteiger partial charge in [0.25, 0.3) is 11.8 Å². The van der Waals surface area contributed by atoms with Crippen molar-refractivity contribution >= 4 is 46.3 Å². The van der Waals surface area contributed by atoms with Crippen LogP contribution in [0.1, 0.15) is 20.0 Å². The second kappa shape index (κ2) is 6.34. The van der Waals surface area contributed by atoms with Gasteiger partial charge in [0, 0.05) is 23.8 Å². The van der Waals surface area contributed by atoms with E-state index >= 15 is 0 Å². The van der Waals surface area contributed by atoms with E-state index in [2.05, 4.69) is 10.3 Å². The van der Waals surface area contributed by atoms with E-state index in [4.69, 9.17) is 0 Å². The number of amides is 2. The number of pyridine rings is 1. The van der Waals surface area contributed by atoms with Crippen LogP contribution in [0.25, 0.3) is 0 Å². The van der Waals surface area contributed by atoms with Crippen LogP contribution in [0.4, 0.5) is 11.4 Å². The first-order valence-corrected chi connectivity index (χ1v) is 9.23. The molecule has 0 bridgehead atoms. The van der Waals surface area contributed by atoms with Crippen molar-refractivity contribution in [2.75, 3.05) is 17.3 Å². The zero-order chi connectivity index (χ0) is 17.4. The van der Waals surface area contributed by atoms with Crippen LogP contribution in [-0.4, -0.2) is 23.8 Å². The van der Waals surface area contributed by atoms with E-state index in [-0.39, 0.29) is 11.8 Å². The third-order valence-electron chi connectivity index (χ3n) is 3.84. The van der Waals surface area contributed by atoms with Gasteiger partial charge in [-0.05, 0) is 41.8 Å². The average Bonchev–Trinajstić information content (AvgIpc) is 3.13. The van der Waals surface area contributed by atoms with Crippen LogP contribution < -0.4 is 10.2 Å². The normalized spacial score (nSPS) is 13.0. The summed E-state index contributed by atoms with van der Waals surface area (Å²) in [5.41, 5.74) is 2.06. The molecule has 0 aliphatic carbocycles. The number of anilines is 2. The summed E-state index contributed by atoms with van der Waals surface area (Å²) < 4.78 is 0. The predicted octanol–water partition coefficient (Wildman–Crippen LogP) is 4.14. The van der Waals surface area contributed by atoms with Crippen LogP contribution in [-0.2, 0) is 0 Å². The van der Waals surface area contributed by atoms with Crippen LogP contribution in [0, 0.1) is 0 Å². The summed E-state index contributed by atoms with van der Waals surface area (Å²) in [6.07, 6.45) is 1.67. The molecule has 2 amide bonds. The standard InChI is InChI=1S/C18H13N3O2S2/c1-21-13-7-6-11(20-16(22)14-5-3-9-24-14)10-15(13)25-17-12(18(21)23)4-2-8-19-17/h2-10H,1H3,(H,20,22). The van der Waals surface area contributed by atoms with Crippen molar-refractivity contribution in [3.05, 3.63) is 64.5 Å². The highest BCUT2D eigenvalue weighted by atomic mass is 32.2. The van der Waals surface area contributed by atoms with Crippen molar-refractivity contribution in [3.8, 4) is 0 Å². The van der Waals surface area contributed by atoms with Crippen LogP contribution >= 0.6 is 23.1 Å². The molecule has 3 heterocycles. The molecule has 3 aromatic rings. The van der Waals surface area contributed by atoms with Crippen molar-refractivity contribution in [1.29, 1.82) is 0 Å². The molecule has 5 nitrogen and oxygen atoms in total. The van der Waals surface area contributed by atoms with E-state index in [9.17, 15) is 9.59 Å². The van der Waals surface area contributed by atoms with Gasteiger partial charge in [-0.1, -0.05) is 17.8 Å². The Kier molecular flexibility index (Phi) is 4.03. The van der Waals surface area contributed by atoms with Gasteiger partial charge >= 0.3 is 0 Å². The van der Waals surface area contributed by atoms with Crippen LogP contribution in [0.15, 0.2) is 64.0 Å². The highest BCUT2D eigenvalue weighted by molar-refractivity contribution is 7.99. The molecule has 0 fully saturated rings. The molecule has 1 N–H and O–H groups in total. The fraction of sp³-hybridized carbons (Fsp3) is 0.0556. The van der Waals surface area contributed by atoms with Crippen LogP contribution in [0.5, 0.6) is 0 Å². The topological polar surface area (TPSA) is 62.3 Å². The van der Waals surface area contributed by atoms with Gasteiger partial charge in [0.15, 0.2) is 0 Å². The predicted molar refractivity (Wildman–Crippen MR) is 99.8 cm³/mol. The average molecular weight is 367 g/mol. The quantitative estimate of drug-likeness (QED) is 0.739. The Morgan fingerprint density at radius 1 is 1.20 bits per heavy atom. The third-order valence-corrected chi connectivity index (χ3v) is 5.77. The van der Waals surface area contributed by atoms with Gasteiger partial charge in [-0.2, -0.15) is 0 Å². The highest BCUT2D eigenvalue weighted by Crippen LogP contribution is 2.41. The number of thiophene rings is 1. The molecule has 0 spiro atoms. The first kappa shape index (κ1) is 15.9. The maximum atomic E-state index is 12.6. The van der Waals surface area contributed by atoms with Crippen molar-refractivity contribution in [2.45, 2.75) is 9.92 Å². The molecule has 0 saturated heterocycles. The van der Waals surface area contributed by atoms with E-state index in [1.165, 1.54) is 23.1 Å². The van der Waals surface area contributed by atoms with Gasteiger partial charge in [-0.15, -0.1) is 11.3 Å². The Morgan fingerprint density at radius 2 is 2.08 bits per heavy atom. The lowest BCUT2D eigenvalue weighted by Gasteiger charge is -2.18. The molecular formula is C18H13N3O2S2. The number of nitrogens with one attached hydrogen (secondary N) is 1. The zero-order valence-corrected chi connectivity index (χ0v) is 14.9. The molecule has 0 radical (unpaired) electrons. The number of fused-ring (bicyclic) bond motifs is 2. The number of benzene rings is 1. The van der Waals surface area contributed by atoms with Gasteiger partial charge in [-0.25, -0.2) is 4.98 Å². The van der Waals surface area contributed by atoms with Crippen LogP contribution in [0.3, 0.4) is 0 Å². The minimum Gasteiger partial charge on any atom is -0.321 e. The van der Waals surface area contributed by atoms with Gasteiger partial charge < -0.3 is 10.2 Å². The van der Waals surface area contributed by atoms with Gasteiger partial charge in [0.1, 0.15) is 5.03 Å². The molecule has 2 aromatic heterocycles. The summed E-state index contributed by atoms with van der Waals surface area (Å²) in [6, 6.07) is 12.7. The zero-order valence-electron chi connectivity index (χ0n) is 13.2. The maximum absolute atomic E-state index is 12.6. The summed E-state index contributed by atoms with van der Waals surface area (Å²) in [6.45, 7) is 0. The second-order valence-electron chi connectivity index (χ2n) is 5.44. The minimum absolute atomic E-state index is 0.0929. The van der Waals surface area contributed by atoms with Crippen molar-refractivity contribution < 1.29 is 9.59 Å². The molecule has 0 unspecified atom stereocenters. The van der Waals surface area contributed by atoms with Gasteiger partial charge in [-0.3, -0.25) is 9.59 Å². The molecule has 0 atom stereocenters. The SMILES string of the molecule is CN1C(=O)c2cccnc2Sc2cc(NC(=O)c3cccs3)ccc21. The molecule has 0 saturated carbocycles. The number of carbonyl (C=O) groups excluding carboxylic acids is 2. The summed E-state index contributed by atoms with van der Waals surface area (Å²) in [5, 5.41) is 5.43. The first-order chi connectivity index (χ1) is 12.1. The number of aromatic nitrogens is 1. The Morgan fingerprint density at radius 3 is 2.88 bits per heavy atom. The minimum atomic E-state index is -0.142. The smallest absolute Gasteiger partial charge is 0.265 e. The number of rotatable bonds is 2. The lowest BCUT2D eigenvalue weighted by Crippen LogP contribution is -2.26. The lowest BCUT2D eigenvalue weighted by atomic mass is 10.2. The first-order valence-electron chi connectivity index (χ1n) is 7.53. The molecule has 1 aliphatic rings. The van der Waals surface area contributed by atoms with E-state index in [1.807, 2.05) is 23.6 Å². The maximum Gasteiger partial charge on any atom is 0.265 e. The fourth-order valence-electron chi connectivity index (χ4n) is 2.58. The Bertz CT molecular complexity index is 970. The van der Waals surface area contributed by atoms with Crippen molar-refractivity contribution in [3.63, 3.8) is 0 Å². The Hall–Kier alpha value is -2.64. The van der Waals surface area contributed by atoms with E-state index in [0.29, 0.717) is 21.2 Å². The number of hydrogen-bond donors (Lipinski definition) is 1. The summed E-state index contributed by atoms with van der Waals surface area (Å²) >= 11 is 2.82. The number of nitrogens with zero attached hydrogens (tertiary/aromatic N) is 2. The van der Waals surface area contributed by atoms with E-state index < -0.39 is 0 Å². The fourth-order valence-corrected chi connectivity index (χ4v) is 4.28. The monoisotopic (exact) mass is 367 g/mol. The molecular weight excluding hydrogens is 354 g/mol.